The van der Waals surface area contributed by atoms with Gasteiger partial charge >= 0.3 is 0 Å². The van der Waals surface area contributed by atoms with Crippen LogP contribution in [-0.4, -0.2) is 67.6 Å². The van der Waals surface area contributed by atoms with Crippen molar-refractivity contribution in [2.75, 3.05) is 26.7 Å². The summed E-state index contributed by atoms with van der Waals surface area (Å²) in [6, 6.07) is 7.81. The number of carbonyl (C=O) groups is 2. The lowest BCUT2D eigenvalue weighted by Crippen LogP contribution is -2.49. The number of carbonyl (C=O) groups excluding carboxylic acids is 2. The molecule has 8 nitrogen and oxygen atoms in total. The summed E-state index contributed by atoms with van der Waals surface area (Å²) in [4.78, 5) is 29.9. The molecule has 2 amide bonds. The van der Waals surface area contributed by atoms with Crippen molar-refractivity contribution in [2.24, 2.45) is 4.99 Å². The predicted octanol–water partition coefficient (Wildman–Crippen LogP) is 0.862. The van der Waals surface area contributed by atoms with Gasteiger partial charge < -0.3 is 25.6 Å². The zero-order valence-electron chi connectivity index (χ0n) is 16.5. The average Bonchev–Trinajstić information content (AvgIpc) is 3.34. The molecule has 3 unspecified atom stereocenters. The lowest BCUT2D eigenvalue weighted by molar-refractivity contribution is -0.123. The summed E-state index contributed by atoms with van der Waals surface area (Å²) in [6.07, 6.45) is 4.02. The van der Waals surface area contributed by atoms with Crippen molar-refractivity contribution in [2.45, 2.75) is 44.1 Å². The first kappa shape index (κ1) is 21.8. The third-order valence-corrected chi connectivity index (χ3v) is 5.64. The Morgan fingerprint density at radius 3 is 2.72 bits per heavy atom. The number of hydrogen-bond donors (Lipinski definition) is 3. The number of piperazine rings is 1. The quantitative estimate of drug-likeness (QED) is 0.316. The van der Waals surface area contributed by atoms with E-state index >= 15 is 0 Å². The summed E-state index contributed by atoms with van der Waals surface area (Å²) in [5.41, 5.74) is 1.65. The van der Waals surface area contributed by atoms with E-state index in [9.17, 15) is 9.59 Å². The molecule has 0 saturated carbocycles. The maximum absolute atomic E-state index is 12.5. The molecule has 29 heavy (non-hydrogen) atoms. The molecule has 0 aliphatic carbocycles. The fourth-order valence-electron chi connectivity index (χ4n) is 4.11. The fourth-order valence-corrected chi connectivity index (χ4v) is 4.11. The van der Waals surface area contributed by atoms with Crippen molar-refractivity contribution in [3.63, 3.8) is 0 Å². The van der Waals surface area contributed by atoms with Gasteiger partial charge in [0.25, 0.3) is 5.91 Å². The van der Waals surface area contributed by atoms with Gasteiger partial charge in [-0.3, -0.25) is 14.6 Å². The Morgan fingerprint density at radius 2 is 2.10 bits per heavy atom. The topological polar surface area (TPSA) is 95.1 Å². The van der Waals surface area contributed by atoms with Gasteiger partial charge in [0.05, 0.1) is 24.8 Å². The van der Waals surface area contributed by atoms with E-state index in [4.69, 9.17) is 4.74 Å². The number of nitrogens with one attached hydrogen (secondary N) is 3. The van der Waals surface area contributed by atoms with E-state index in [-0.39, 0.29) is 42.3 Å². The summed E-state index contributed by atoms with van der Waals surface area (Å²) < 4.78 is 5.88. The summed E-state index contributed by atoms with van der Waals surface area (Å²) in [6.45, 7) is 1.79. The molecule has 4 rings (SSSR count). The molecule has 3 heterocycles. The Bertz CT molecular complexity index is 770. The number of hydrogen-bond acceptors (Lipinski definition) is 4. The number of fused-ring (bicyclic) bond motifs is 2. The highest BCUT2D eigenvalue weighted by Gasteiger charge is 2.41. The fraction of sp³-hybridized carbons (Fsp3) is 0.550. The zero-order chi connectivity index (χ0) is 19.5. The summed E-state index contributed by atoms with van der Waals surface area (Å²) in [7, 11) is 1.76. The van der Waals surface area contributed by atoms with Crippen LogP contribution in [0.4, 0.5) is 0 Å². The number of aliphatic imine (C=N–C) groups is 1. The van der Waals surface area contributed by atoms with E-state index in [2.05, 4.69) is 20.9 Å². The van der Waals surface area contributed by atoms with Crippen molar-refractivity contribution >= 4 is 41.8 Å². The SMILES string of the molecule is CN=C(NCc1ccc(C(=O)N2CCNC(=O)C2)cc1)NC1CC2CCC1O2.I. The molecular weight excluding hydrogens is 485 g/mol. The molecular formula is C20H28IN5O3. The number of halogens is 1. The van der Waals surface area contributed by atoms with Crippen molar-refractivity contribution in [1.82, 2.24) is 20.9 Å². The van der Waals surface area contributed by atoms with Crippen LogP contribution in [0.25, 0.3) is 0 Å². The highest BCUT2D eigenvalue weighted by Crippen LogP contribution is 2.34. The van der Waals surface area contributed by atoms with E-state index in [0.717, 1.165) is 24.4 Å². The molecule has 3 fully saturated rings. The van der Waals surface area contributed by atoms with Crippen molar-refractivity contribution in [1.29, 1.82) is 0 Å². The van der Waals surface area contributed by atoms with E-state index in [0.29, 0.717) is 43.4 Å². The van der Waals surface area contributed by atoms with Crippen LogP contribution >= 0.6 is 24.0 Å². The molecule has 3 aliphatic heterocycles. The first-order chi connectivity index (χ1) is 13.6. The lowest BCUT2D eigenvalue weighted by Gasteiger charge is -2.26. The van der Waals surface area contributed by atoms with Crippen LogP contribution in [0.2, 0.25) is 0 Å². The molecule has 0 spiro atoms. The number of amides is 2. The van der Waals surface area contributed by atoms with Gasteiger partial charge in [-0.15, -0.1) is 24.0 Å². The van der Waals surface area contributed by atoms with Crippen LogP contribution < -0.4 is 16.0 Å². The predicted molar refractivity (Wildman–Crippen MR) is 120 cm³/mol. The molecule has 3 atom stereocenters. The van der Waals surface area contributed by atoms with Crippen molar-refractivity contribution in [3.8, 4) is 0 Å². The smallest absolute Gasteiger partial charge is 0.254 e. The summed E-state index contributed by atoms with van der Waals surface area (Å²) in [5.74, 6) is 0.545. The molecule has 3 N–H and O–H groups in total. The molecule has 9 heteroatoms. The maximum atomic E-state index is 12.5. The van der Waals surface area contributed by atoms with Crippen molar-refractivity contribution in [3.05, 3.63) is 35.4 Å². The largest absolute Gasteiger partial charge is 0.373 e. The van der Waals surface area contributed by atoms with Gasteiger partial charge in [0.2, 0.25) is 5.91 Å². The van der Waals surface area contributed by atoms with Crippen LogP contribution in [0.1, 0.15) is 35.2 Å². The first-order valence-electron chi connectivity index (χ1n) is 9.90. The van der Waals surface area contributed by atoms with E-state index in [1.165, 1.54) is 6.42 Å². The Balaban J connectivity index is 0.00000240. The minimum Gasteiger partial charge on any atom is -0.373 e. The second kappa shape index (κ2) is 9.75. The minimum absolute atomic E-state index is 0. The Morgan fingerprint density at radius 1 is 1.31 bits per heavy atom. The molecule has 2 bridgehead atoms. The highest BCUT2D eigenvalue weighted by atomic mass is 127. The second-order valence-electron chi connectivity index (χ2n) is 7.56. The number of nitrogens with zero attached hydrogens (tertiary/aromatic N) is 2. The first-order valence-corrected chi connectivity index (χ1v) is 9.90. The van der Waals surface area contributed by atoms with Crippen LogP contribution in [0, 0.1) is 0 Å². The number of rotatable bonds is 4. The monoisotopic (exact) mass is 513 g/mol. The number of guanidine groups is 1. The van der Waals surface area contributed by atoms with Crippen LogP contribution in [-0.2, 0) is 16.1 Å². The molecule has 3 aliphatic rings. The maximum Gasteiger partial charge on any atom is 0.254 e. The molecule has 1 aromatic rings. The van der Waals surface area contributed by atoms with Gasteiger partial charge in [-0.05, 0) is 37.0 Å². The third-order valence-electron chi connectivity index (χ3n) is 5.64. The van der Waals surface area contributed by atoms with Crippen LogP contribution in [0.5, 0.6) is 0 Å². The van der Waals surface area contributed by atoms with Gasteiger partial charge in [-0.25, -0.2) is 0 Å². The van der Waals surface area contributed by atoms with E-state index < -0.39 is 0 Å². The number of ether oxygens (including phenoxy) is 1. The summed E-state index contributed by atoms with van der Waals surface area (Å²) >= 11 is 0. The van der Waals surface area contributed by atoms with Gasteiger partial charge in [0, 0.05) is 32.2 Å². The van der Waals surface area contributed by atoms with Crippen LogP contribution in [0.15, 0.2) is 29.3 Å². The van der Waals surface area contributed by atoms with Gasteiger partial charge in [0.15, 0.2) is 5.96 Å². The van der Waals surface area contributed by atoms with Crippen LogP contribution in [0.3, 0.4) is 0 Å². The molecule has 0 aromatic heterocycles. The Hall–Kier alpha value is -1.88. The normalized spacial score (nSPS) is 26.0. The molecule has 0 radical (unpaired) electrons. The van der Waals surface area contributed by atoms with Gasteiger partial charge in [0.1, 0.15) is 0 Å². The standard InChI is InChI=1S/C20H27N5O3.HI/c1-21-20(24-16-10-15-6-7-17(16)28-15)23-11-13-2-4-14(5-3-13)19(27)25-9-8-22-18(26)12-25;/h2-5,15-17H,6-12H2,1H3,(H,22,26)(H2,21,23,24);1H. The van der Waals surface area contributed by atoms with Gasteiger partial charge in [-0.2, -0.15) is 0 Å². The minimum atomic E-state index is -0.111. The van der Waals surface area contributed by atoms with Gasteiger partial charge in [-0.1, -0.05) is 12.1 Å². The summed E-state index contributed by atoms with van der Waals surface area (Å²) in [5, 5.41) is 9.51. The van der Waals surface area contributed by atoms with E-state index in [1.807, 2.05) is 24.3 Å². The Kier molecular flexibility index (Phi) is 7.33. The van der Waals surface area contributed by atoms with E-state index in [1.54, 1.807) is 11.9 Å². The highest BCUT2D eigenvalue weighted by molar-refractivity contribution is 14.0. The average molecular weight is 513 g/mol. The second-order valence-corrected chi connectivity index (χ2v) is 7.56. The van der Waals surface area contributed by atoms with Crippen molar-refractivity contribution < 1.29 is 14.3 Å². The zero-order valence-corrected chi connectivity index (χ0v) is 18.8. The number of benzene rings is 1. The molecule has 158 valence electrons. The lowest BCUT2D eigenvalue weighted by atomic mass is 9.96. The third kappa shape index (κ3) is 5.19. The molecule has 3 saturated heterocycles. The Labute approximate surface area is 187 Å². The molecule has 1 aromatic carbocycles.